The normalized spacial score (nSPS) is 17.9. The van der Waals surface area contributed by atoms with Crippen molar-refractivity contribution < 1.29 is 35.7 Å². The molecule has 1 fully saturated rings. The van der Waals surface area contributed by atoms with E-state index in [1.807, 2.05) is 48.5 Å². The number of anilines is 2. The molecule has 1 saturated carbocycles. The average molecular weight is 685 g/mol. The minimum Gasteiger partial charge on any atom is -0.458 e. The first-order valence-electron chi connectivity index (χ1n) is 15.6. The van der Waals surface area contributed by atoms with Gasteiger partial charge in [0.1, 0.15) is 18.2 Å². The summed E-state index contributed by atoms with van der Waals surface area (Å²) < 4.78 is 75.4. The minimum atomic E-state index is -6.08. The third-order valence-corrected chi connectivity index (χ3v) is 9.84. The van der Waals surface area contributed by atoms with Crippen LogP contribution in [0.5, 0.6) is 0 Å². The predicted octanol–water partition coefficient (Wildman–Crippen LogP) is 8.33. The molecule has 1 aliphatic heterocycles. The molecule has 7 nitrogen and oxygen atoms in total. The smallest absolute Gasteiger partial charge is 0.403 e. The molecule has 4 aromatic rings. The van der Waals surface area contributed by atoms with E-state index in [2.05, 4.69) is 64.2 Å². The highest BCUT2D eigenvalue weighted by atomic mass is 32.2. The van der Waals surface area contributed by atoms with Crippen LogP contribution in [0, 0.1) is 11.3 Å². The summed E-state index contributed by atoms with van der Waals surface area (Å²) in [5.74, 6) is -1.20. The van der Waals surface area contributed by atoms with Gasteiger partial charge in [-0.1, -0.05) is 85.3 Å². The summed E-state index contributed by atoms with van der Waals surface area (Å²) in [6, 6.07) is 36.2. The topological polar surface area (TPSA) is 108 Å². The number of nitriles is 1. The molecular weight excluding hydrogens is 653 g/mol. The molecule has 0 amide bonds. The summed E-state index contributed by atoms with van der Waals surface area (Å²) in [6.45, 7) is -1.68. The predicted molar refractivity (Wildman–Crippen MR) is 181 cm³/mol. The number of fused-ring (bicyclic) bond motifs is 3. The summed E-state index contributed by atoms with van der Waals surface area (Å²) in [6.07, 6.45) is 2.81. The van der Waals surface area contributed by atoms with Crippen LogP contribution in [0.15, 0.2) is 109 Å². The number of ether oxygens (including phenoxy) is 1. The van der Waals surface area contributed by atoms with Gasteiger partial charge in [0.2, 0.25) is 6.17 Å². The van der Waals surface area contributed by atoms with Crippen molar-refractivity contribution in [2.45, 2.75) is 42.6 Å². The molecule has 0 radical (unpaired) electrons. The van der Waals surface area contributed by atoms with E-state index in [1.54, 1.807) is 12.1 Å². The van der Waals surface area contributed by atoms with E-state index in [0.717, 1.165) is 58.5 Å². The molecule has 6 rings (SSSR count). The number of alkyl halides is 3. The lowest BCUT2D eigenvalue weighted by Gasteiger charge is -2.27. The van der Waals surface area contributed by atoms with Gasteiger partial charge in [0, 0.05) is 23.3 Å². The van der Waals surface area contributed by atoms with Gasteiger partial charge in [-0.3, -0.25) is 4.55 Å². The molecule has 0 bridgehead atoms. The Morgan fingerprint density at radius 3 is 2.14 bits per heavy atom. The fraction of sp³-hybridized carbons (Fsp3) is 0.211. The van der Waals surface area contributed by atoms with E-state index in [9.17, 15) is 31.6 Å². The van der Waals surface area contributed by atoms with Crippen molar-refractivity contribution in [3.63, 3.8) is 0 Å². The Balaban J connectivity index is 1.24. The maximum absolute atomic E-state index is 13.8. The number of carbonyl (C=O) groups excluding carboxylic acids is 1. The molecule has 0 saturated heterocycles. The quantitative estimate of drug-likeness (QED) is 0.0588. The van der Waals surface area contributed by atoms with Crippen LogP contribution in [0.1, 0.15) is 53.0 Å². The van der Waals surface area contributed by atoms with Gasteiger partial charge in [0.25, 0.3) is 0 Å². The summed E-state index contributed by atoms with van der Waals surface area (Å²) in [7, 11) is -6.08. The molecule has 1 N–H and O–H groups in total. The Morgan fingerprint density at radius 1 is 0.939 bits per heavy atom. The van der Waals surface area contributed by atoms with E-state index in [4.69, 9.17) is 4.55 Å². The molecular formula is C38H31F3N2O5S. The highest BCUT2D eigenvalue weighted by Crippen LogP contribution is 2.52. The van der Waals surface area contributed by atoms with Gasteiger partial charge in [-0.2, -0.15) is 22.5 Å². The molecule has 49 heavy (non-hydrogen) atoms. The summed E-state index contributed by atoms with van der Waals surface area (Å²) >= 11 is 0. The number of hydrogen-bond donors (Lipinski definition) is 1. The first-order valence-corrected chi connectivity index (χ1v) is 17.1. The lowest BCUT2D eigenvalue weighted by molar-refractivity contribution is -0.143. The van der Waals surface area contributed by atoms with Crippen molar-refractivity contribution in [3.8, 4) is 6.07 Å². The largest absolute Gasteiger partial charge is 0.458 e. The molecule has 250 valence electrons. The zero-order valence-corrected chi connectivity index (χ0v) is 26.9. The van der Waals surface area contributed by atoms with E-state index in [1.165, 1.54) is 6.08 Å². The Bertz CT molecular complexity index is 2020. The second-order valence-electron chi connectivity index (χ2n) is 11.9. The lowest BCUT2D eigenvalue weighted by atomic mass is 9.95. The van der Waals surface area contributed by atoms with Crippen LogP contribution in [0.3, 0.4) is 0 Å². The maximum atomic E-state index is 13.8. The Labute approximate surface area is 282 Å². The monoisotopic (exact) mass is 684 g/mol. The molecule has 2 aliphatic rings. The zero-order chi connectivity index (χ0) is 34.8. The SMILES string of the molecule is N#C/C(=C\c1ccc2c(c1)C1CCCC1N2c1ccc(C=C(c2ccccc2)c2ccccc2)cc1)C(=O)OCC(F)C(F)(F)S(=O)(=O)O. The lowest BCUT2D eigenvalue weighted by Crippen LogP contribution is -2.41. The van der Waals surface area contributed by atoms with Crippen LogP contribution >= 0.6 is 0 Å². The number of esters is 1. The van der Waals surface area contributed by atoms with Crippen LogP contribution in [0.2, 0.25) is 0 Å². The number of carbonyl (C=O) groups is 1. The van der Waals surface area contributed by atoms with Crippen LogP contribution in [-0.2, 0) is 19.6 Å². The van der Waals surface area contributed by atoms with Crippen LogP contribution < -0.4 is 4.90 Å². The number of hydrogen-bond acceptors (Lipinski definition) is 6. The molecule has 3 unspecified atom stereocenters. The second kappa shape index (κ2) is 13.7. The highest BCUT2D eigenvalue weighted by Gasteiger charge is 2.53. The van der Waals surface area contributed by atoms with Gasteiger partial charge in [-0.25, -0.2) is 9.18 Å². The first kappa shape index (κ1) is 33.7. The number of halogens is 3. The van der Waals surface area contributed by atoms with E-state index in [-0.39, 0.29) is 12.0 Å². The maximum Gasteiger partial charge on any atom is 0.403 e. The molecule has 3 atom stereocenters. The molecule has 1 aliphatic carbocycles. The summed E-state index contributed by atoms with van der Waals surface area (Å²) in [5.41, 5.74) is 7.34. The fourth-order valence-electron chi connectivity index (χ4n) is 6.56. The highest BCUT2D eigenvalue weighted by molar-refractivity contribution is 7.86. The standard InChI is InChI=1S/C38H31F3N2O5S/c39-36(38(40,41)49(45,46)47)24-48-37(44)29(23-42)20-26-16-19-35-33(22-26)31-12-7-13-34(31)43(35)30-17-14-25(15-18-30)21-32(27-8-3-1-4-9-27)28-10-5-2-6-11-28/h1-6,8-11,14-22,31,34,36H,7,12-13,24H2,(H,45,46,47)/b29-20+. The number of nitrogens with zero attached hydrogens (tertiary/aromatic N) is 2. The Hall–Kier alpha value is -5.18. The van der Waals surface area contributed by atoms with E-state index < -0.39 is 39.7 Å². The molecule has 4 aromatic carbocycles. The van der Waals surface area contributed by atoms with Crippen molar-refractivity contribution in [1.29, 1.82) is 5.26 Å². The molecule has 0 aromatic heterocycles. The number of rotatable bonds is 10. The third-order valence-electron chi connectivity index (χ3n) is 8.89. The Morgan fingerprint density at radius 2 is 1.55 bits per heavy atom. The third kappa shape index (κ3) is 6.88. The van der Waals surface area contributed by atoms with Gasteiger partial charge in [0.05, 0.1) is 0 Å². The number of benzene rings is 4. The van der Waals surface area contributed by atoms with Crippen LogP contribution in [-0.4, -0.2) is 43.0 Å². The summed E-state index contributed by atoms with van der Waals surface area (Å²) in [5, 5.41) is 4.36. The van der Waals surface area contributed by atoms with Crippen LogP contribution in [0.25, 0.3) is 17.7 Å². The molecule has 11 heteroatoms. The van der Waals surface area contributed by atoms with Crippen molar-refractivity contribution in [2.24, 2.45) is 0 Å². The van der Waals surface area contributed by atoms with Crippen molar-refractivity contribution in [2.75, 3.05) is 11.5 Å². The fourth-order valence-corrected chi connectivity index (χ4v) is 6.95. The Kier molecular flexibility index (Phi) is 9.45. The van der Waals surface area contributed by atoms with Crippen molar-refractivity contribution >= 4 is 45.2 Å². The average Bonchev–Trinajstić information content (AvgIpc) is 3.70. The first-order chi connectivity index (χ1) is 23.5. The van der Waals surface area contributed by atoms with Gasteiger partial charge in [0.15, 0.2) is 0 Å². The zero-order valence-electron chi connectivity index (χ0n) is 26.0. The minimum absolute atomic E-state index is 0.207. The van der Waals surface area contributed by atoms with Gasteiger partial charge in [-0.15, -0.1) is 0 Å². The molecule has 0 spiro atoms. The van der Waals surface area contributed by atoms with Gasteiger partial charge < -0.3 is 9.64 Å². The van der Waals surface area contributed by atoms with Gasteiger partial charge >= 0.3 is 21.3 Å². The van der Waals surface area contributed by atoms with Crippen molar-refractivity contribution in [3.05, 3.63) is 137 Å². The second-order valence-corrected chi connectivity index (χ2v) is 13.4. The molecule has 1 heterocycles. The van der Waals surface area contributed by atoms with Gasteiger partial charge in [-0.05, 0) is 82.6 Å². The van der Waals surface area contributed by atoms with E-state index >= 15 is 0 Å². The van der Waals surface area contributed by atoms with Crippen LogP contribution in [0.4, 0.5) is 24.5 Å². The van der Waals surface area contributed by atoms with Crippen molar-refractivity contribution in [1.82, 2.24) is 0 Å². The summed E-state index contributed by atoms with van der Waals surface area (Å²) in [4.78, 5) is 14.7. The van der Waals surface area contributed by atoms with E-state index in [0.29, 0.717) is 5.56 Å².